The van der Waals surface area contributed by atoms with Gasteiger partial charge in [-0.2, -0.15) is 8.42 Å². The number of rotatable bonds is 2. The summed E-state index contributed by atoms with van der Waals surface area (Å²) >= 11 is 2.05. The van der Waals surface area contributed by atoms with E-state index >= 15 is 0 Å². The molecule has 0 amide bonds. The third-order valence-corrected chi connectivity index (χ3v) is 3.87. The van der Waals surface area contributed by atoms with Crippen molar-refractivity contribution in [3.05, 3.63) is 9.66 Å². The molecule has 1 aliphatic carbocycles. The quantitative estimate of drug-likeness (QED) is 0.547. The molecule has 0 N–H and O–H groups in total. The number of hydrogen-bond donors (Lipinski definition) is 0. The number of hydrogen-bond acceptors (Lipinski definition) is 5. The highest BCUT2D eigenvalue weighted by atomic mass is 127. The van der Waals surface area contributed by atoms with Crippen molar-refractivity contribution in [2.24, 2.45) is 0 Å². The first kappa shape index (κ1) is 12.7. The van der Waals surface area contributed by atoms with E-state index in [9.17, 15) is 8.42 Å². The van der Waals surface area contributed by atoms with Crippen LogP contribution in [0.15, 0.2) is 9.66 Å². The second-order valence-electron chi connectivity index (χ2n) is 4.34. The Morgan fingerprint density at radius 2 is 2.06 bits per heavy atom. The van der Waals surface area contributed by atoms with E-state index in [2.05, 4.69) is 0 Å². The Morgan fingerprint density at radius 3 is 2.62 bits per heavy atom. The summed E-state index contributed by atoms with van der Waals surface area (Å²) in [5.74, 6) is -0.692. The molecule has 0 aromatic rings. The first-order valence-corrected chi connectivity index (χ1v) is 7.69. The third kappa shape index (κ3) is 2.58. The molecule has 5 nitrogen and oxygen atoms in total. The minimum Gasteiger partial charge on any atom is -0.341 e. The highest BCUT2D eigenvalue weighted by Crippen LogP contribution is 2.41. The van der Waals surface area contributed by atoms with Gasteiger partial charge in [0, 0.05) is 3.58 Å². The van der Waals surface area contributed by atoms with E-state index in [0.29, 0.717) is 0 Å². The highest BCUT2D eigenvalue weighted by Gasteiger charge is 2.50. The molecule has 0 spiro atoms. The lowest BCUT2D eigenvalue weighted by Crippen LogP contribution is -2.33. The van der Waals surface area contributed by atoms with Crippen LogP contribution in [0.3, 0.4) is 0 Å². The zero-order valence-electron chi connectivity index (χ0n) is 9.14. The van der Waals surface area contributed by atoms with Crippen molar-refractivity contribution in [2.45, 2.75) is 37.9 Å². The summed E-state index contributed by atoms with van der Waals surface area (Å²) in [6, 6.07) is 0. The maximum Gasteiger partial charge on any atom is 0.265 e. The van der Waals surface area contributed by atoms with E-state index < -0.39 is 22.0 Å². The van der Waals surface area contributed by atoms with Gasteiger partial charge in [0.15, 0.2) is 5.79 Å². The van der Waals surface area contributed by atoms with E-state index in [-0.39, 0.29) is 12.2 Å². The van der Waals surface area contributed by atoms with Gasteiger partial charge in [-0.05, 0) is 42.5 Å². The van der Waals surface area contributed by atoms with Gasteiger partial charge in [-0.1, -0.05) is 0 Å². The summed E-state index contributed by atoms with van der Waals surface area (Å²) in [4.78, 5) is 0. The average Bonchev–Trinajstić information content (AvgIpc) is 2.45. The average molecular weight is 360 g/mol. The summed E-state index contributed by atoms with van der Waals surface area (Å²) in [5.41, 5.74) is 0. The Balaban J connectivity index is 2.19. The number of halogens is 1. The van der Waals surface area contributed by atoms with Crippen molar-refractivity contribution in [2.75, 3.05) is 6.26 Å². The molecule has 2 rings (SSSR count). The summed E-state index contributed by atoms with van der Waals surface area (Å²) in [5, 5.41) is 0. The van der Waals surface area contributed by atoms with Gasteiger partial charge in [-0.15, -0.1) is 0 Å². The van der Waals surface area contributed by atoms with Gasteiger partial charge in [0.1, 0.15) is 18.3 Å². The van der Waals surface area contributed by atoms with Crippen molar-refractivity contribution in [1.29, 1.82) is 0 Å². The van der Waals surface area contributed by atoms with Crippen LogP contribution in [0.1, 0.15) is 13.8 Å². The fourth-order valence-electron chi connectivity index (χ4n) is 1.88. The SMILES string of the molecule is CC1(C)O[C@@H]2[C@@H](C=C(I)[C@@H]2OS(C)(=O)=O)O1. The summed E-state index contributed by atoms with van der Waals surface area (Å²) in [7, 11) is -3.50. The molecular weight excluding hydrogens is 347 g/mol. The Hall–Kier alpha value is 0.300. The van der Waals surface area contributed by atoms with Gasteiger partial charge in [0.25, 0.3) is 10.1 Å². The van der Waals surface area contributed by atoms with Crippen LogP contribution in [0.5, 0.6) is 0 Å². The predicted octanol–water partition coefficient (Wildman–Crippen LogP) is 1.18. The first-order valence-electron chi connectivity index (χ1n) is 4.79. The predicted molar refractivity (Wildman–Crippen MR) is 65.6 cm³/mol. The highest BCUT2D eigenvalue weighted by molar-refractivity contribution is 14.1. The van der Waals surface area contributed by atoms with Gasteiger partial charge in [0.2, 0.25) is 0 Å². The molecule has 0 saturated carbocycles. The maximum atomic E-state index is 11.1. The fourth-order valence-corrected chi connectivity index (χ4v) is 3.48. The molecule has 0 radical (unpaired) electrons. The summed E-state index contributed by atoms with van der Waals surface area (Å²) < 4.78 is 39.3. The van der Waals surface area contributed by atoms with Crippen molar-refractivity contribution < 1.29 is 22.1 Å². The van der Waals surface area contributed by atoms with Gasteiger partial charge in [0.05, 0.1) is 6.26 Å². The number of fused-ring (bicyclic) bond motifs is 1. The normalized spacial score (nSPS) is 37.2. The zero-order valence-corrected chi connectivity index (χ0v) is 12.1. The molecule has 1 saturated heterocycles. The second-order valence-corrected chi connectivity index (χ2v) is 7.18. The van der Waals surface area contributed by atoms with Crippen LogP contribution in [0.4, 0.5) is 0 Å². The van der Waals surface area contributed by atoms with Crippen molar-refractivity contribution in [3.63, 3.8) is 0 Å². The van der Waals surface area contributed by atoms with Crippen LogP contribution in [-0.2, 0) is 23.8 Å². The largest absolute Gasteiger partial charge is 0.341 e. The summed E-state index contributed by atoms with van der Waals surface area (Å²) in [6.07, 6.45) is 1.69. The van der Waals surface area contributed by atoms with Gasteiger partial charge < -0.3 is 9.47 Å². The third-order valence-electron chi connectivity index (χ3n) is 2.34. The molecule has 1 aliphatic heterocycles. The summed E-state index contributed by atoms with van der Waals surface area (Å²) in [6.45, 7) is 3.59. The molecule has 3 atom stereocenters. The lowest BCUT2D eigenvalue weighted by molar-refractivity contribution is -0.150. The van der Waals surface area contributed by atoms with Crippen LogP contribution in [0.2, 0.25) is 0 Å². The van der Waals surface area contributed by atoms with E-state index in [4.69, 9.17) is 13.7 Å². The Morgan fingerprint density at radius 1 is 1.44 bits per heavy atom. The second kappa shape index (κ2) is 3.91. The topological polar surface area (TPSA) is 61.8 Å². The van der Waals surface area contributed by atoms with Crippen LogP contribution in [0, 0.1) is 0 Å². The van der Waals surface area contributed by atoms with Crippen LogP contribution in [0.25, 0.3) is 0 Å². The molecular formula is C9H13IO5S. The smallest absolute Gasteiger partial charge is 0.265 e. The fraction of sp³-hybridized carbons (Fsp3) is 0.778. The molecule has 0 aromatic heterocycles. The minimum atomic E-state index is -3.50. The molecule has 92 valence electrons. The van der Waals surface area contributed by atoms with Crippen molar-refractivity contribution >= 4 is 32.7 Å². The van der Waals surface area contributed by atoms with E-state index in [1.165, 1.54) is 0 Å². The van der Waals surface area contributed by atoms with Gasteiger partial charge in [-0.25, -0.2) is 0 Å². The van der Waals surface area contributed by atoms with E-state index in [0.717, 1.165) is 9.84 Å². The molecule has 7 heteroatoms. The van der Waals surface area contributed by atoms with Crippen LogP contribution >= 0.6 is 22.6 Å². The molecule has 0 aromatic carbocycles. The monoisotopic (exact) mass is 360 g/mol. The lowest BCUT2D eigenvalue weighted by atomic mass is 10.2. The first-order chi connectivity index (χ1) is 7.18. The van der Waals surface area contributed by atoms with Crippen molar-refractivity contribution in [3.8, 4) is 0 Å². The van der Waals surface area contributed by atoms with Crippen LogP contribution < -0.4 is 0 Å². The molecule has 16 heavy (non-hydrogen) atoms. The standard InChI is InChI=1S/C9H13IO5S/c1-9(2)13-6-4-5(10)7(8(6)14-9)15-16(3,11)12/h4,6-8H,1-3H3/t6-,7+,8-/m1/s1. The molecule has 0 bridgehead atoms. The maximum absolute atomic E-state index is 11.1. The minimum absolute atomic E-state index is 0.228. The Labute approximate surface area is 108 Å². The Kier molecular flexibility index (Phi) is 3.11. The zero-order chi connectivity index (χ0) is 12.1. The lowest BCUT2D eigenvalue weighted by Gasteiger charge is -2.21. The number of ether oxygens (including phenoxy) is 2. The van der Waals surface area contributed by atoms with Crippen LogP contribution in [-0.4, -0.2) is 38.8 Å². The molecule has 2 aliphatic rings. The molecule has 0 unspecified atom stereocenters. The van der Waals surface area contributed by atoms with E-state index in [1.54, 1.807) is 13.8 Å². The van der Waals surface area contributed by atoms with Gasteiger partial charge >= 0.3 is 0 Å². The van der Waals surface area contributed by atoms with Gasteiger partial charge in [-0.3, -0.25) is 4.18 Å². The van der Waals surface area contributed by atoms with E-state index in [1.807, 2.05) is 28.7 Å². The molecule has 1 heterocycles. The Bertz CT molecular complexity index is 427. The van der Waals surface area contributed by atoms with Crippen molar-refractivity contribution in [1.82, 2.24) is 0 Å². The molecule has 1 fully saturated rings.